The topological polar surface area (TPSA) is 29.5 Å². The number of ether oxygens (including phenoxy) is 1. The van der Waals surface area contributed by atoms with E-state index in [0.717, 1.165) is 5.56 Å². The fraction of sp³-hybridized carbons (Fsp3) is 0.250. The molecule has 60 valence electrons. The van der Waals surface area contributed by atoms with E-state index in [1.165, 1.54) is 7.11 Å². The largest absolute Gasteiger partial charge is 0.504 e. The Kier molecular flexibility index (Phi) is 2.65. The average Bonchev–Trinajstić information content (AvgIpc) is 2.05. The first-order chi connectivity index (χ1) is 5.27. The Labute approximate surface area is 71.2 Å². The van der Waals surface area contributed by atoms with Gasteiger partial charge in [-0.2, -0.15) is 12.6 Å². The van der Waals surface area contributed by atoms with Crippen molar-refractivity contribution in [1.82, 2.24) is 0 Å². The second-order valence-electron chi connectivity index (χ2n) is 2.16. The summed E-state index contributed by atoms with van der Waals surface area (Å²) in [5.41, 5.74) is 1.03. The molecule has 0 saturated heterocycles. The summed E-state index contributed by atoms with van der Waals surface area (Å²) in [7, 11) is 1.53. The molecule has 0 saturated carbocycles. The quantitative estimate of drug-likeness (QED) is 0.663. The van der Waals surface area contributed by atoms with Crippen LogP contribution in [0.5, 0.6) is 11.5 Å². The molecule has 11 heavy (non-hydrogen) atoms. The lowest BCUT2D eigenvalue weighted by Crippen LogP contribution is -1.85. The third-order valence-corrected chi connectivity index (χ3v) is 1.79. The van der Waals surface area contributed by atoms with E-state index in [4.69, 9.17) is 4.74 Å². The minimum atomic E-state index is 0.165. The van der Waals surface area contributed by atoms with E-state index >= 15 is 0 Å². The van der Waals surface area contributed by atoms with Crippen LogP contribution in [0.2, 0.25) is 0 Å². The third-order valence-electron chi connectivity index (χ3n) is 1.43. The van der Waals surface area contributed by atoms with Gasteiger partial charge in [-0.1, -0.05) is 6.07 Å². The van der Waals surface area contributed by atoms with Gasteiger partial charge in [0, 0.05) is 5.75 Å². The molecular formula is C8H10O2S. The van der Waals surface area contributed by atoms with Crippen LogP contribution in [0.4, 0.5) is 0 Å². The maximum absolute atomic E-state index is 9.18. The molecule has 0 aliphatic carbocycles. The van der Waals surface area contributed by atoms with Crippen molar-refractivity contribution in [3.63, 3.8) is 0 Å². The predicted molar refractivity (Wildman–Crippen MR) is 47.3 cm³/mol. The normalized spacial score (nSPS) is 9.64. The number of thiol groups is 1. The number of hydrogen-bond acceptors (Lipinski definition) is 3. The summed E-state index contributed by atoms with van der Waals surface area (Å²) in [6, 6.07) is 5.18. The van der Waals surface area contributed by atoms with Gasteiger partial charge in [0.1, 0.15) is 0 Å². The Hall–Kier alpha value is -0.830. The molecule has 0 unspecified atom stereocenters. The van der Waals surface area contributed by atoms with Crippen molar-refractivity contribution in [3.05, 3.63) is 23.8 Å². The van der Waals surface area contributed by atoms with Crippen molar-refractivity contribution in [2.24, 2.45) is 0 Å². The first-order valence-electron chi connectivity index (χ1n) is 3.24. The smallest absolute Gasteiger partial charge is 0.160 e. The minimum Gasteiger partial charge on any atom is -0.504 e. The zero-order chi connectivity index (χ0) is 8.27. The average molecular weight is 170 g/mol. The van der Waals surface area contributed by atoms with Crippen LogP contribution in [0, 0.1) is 0 Å². The van der Waals surface area contributed by atoms with Crippen molar-refractivity contribution in [3.8, 4) is 11.5 Å². The van der Waals surface area contributed by atoms with Gasteiger partial charge in [0.15, 0.2) is 11.5 Å². The van der Waals surface area contributed by atoms with Crippen LogP contribution in [0.1, 0.15) is 5.56 Å². The molecule has 0 aliphatic heterocycles. The van der Waals surface area contributed by atoms with Crippen LogP contribution >= 0.6 is 12.6 Å². The highest BCUT2D eigenvalue weighted by Crippen LogP contribution is 2.26. The second-order valence-corrected chi connectivity index (χ2v) is 2.48. The summed E-state index contributed by atoms with van der Waals surface area (Å²) in [4.78, 5) is 0. The van der Waals surface area contributed by atoms with Crippen molar-refractivity contribution in [2.45, 2.75) is 5.75 Å². The van der Waals surface area contributed by atoms with Gasteiger partial charge in [-0.25, -0.2) is 0 Å². The predicted octanol–water partition coefficient (Wildman–Crippen LogP) is 1.83. The van der Waals surface area contributed by atoms with Crippen LogP contribution in [-0.4, -0.2) is 12.2 Å². The lowest BCUT2D eigenvalue weighted by Gasteiger charge is -2.03. The first-order valence-corrected chi connectivity index (χ1v) is 3.88. The fourth-order valence-corrected chi connectivity index (χ4v) is 1.02. The Balaban J connectivity index is 3.02. The highest BCUT2D eigenvalue weighted by atomic mass is 32.1. The van der Waals surface area contributed by atoms with Gasteiger partial charge in [-0.05, 0) is 17.7 Å². The molecule has 1 N–H and O–H groups in total. The number of benzene rings is 1. The Morgan fingerprint density at radius 3 is 2.82 bits per heavy atom. The van der Waals surface area contributed by atoms with E-state index in [9.17, 15) is 5.11 Å². The molecule has 2 nitrogen and oxygen atoms in total. The van der Waals surface area contributed by atoms with Crippen molar-refractivity contribution < 1.29 is 9.84 Å². The highest BCUT2D eigenvalue weighted by molar-refractivity contribution is 7.79. The standard InChI is InChI=1S/C8H10O2S/c1-10-8-4-6(5-11)2-3-7(8)9/h2-4,9,11H,5H2,1H3. The van der Waals surface area contributed by atoms with Gasteiger partial charge in [-0.15, -0.1) is 0 Å². The molecule has 0 fully saturated rings. The minimum absolute atomic E-state index is 0.165. The molecule has 0 atom stereocenters. The lowest BCUT2D eigenvalue weighted by molar-refractivity contribution is 0.373. The molecule has 0 bridgehead atoms. The van der Waals surface area contributed by atoms with E-state index in [0.29, 0.717) is 11.5 Å². The van der Waals surface area contributed by atoms with Crippen LogP contribution in [-0.2, 0) is 5.75 Å². The number of aromatic hydroxyl groups is 1. The van der Waals surface area contributed by atoms with Gasteiger partial charge in [-0.3, -0.25) is 0 Å². The van der Waals surface area contributed by atoms with Gasteiger partial charge in [0.05, 0.1) is 7.11 Å². The van der Waals surface area contributed by atoms with Crippen LogP contribution < -0.4 is 4.74 Å². The van der Waals surface area contributed by atoms with E-state index in [2.05, 4.69) is 12.6 Å². The van der Waals surface area contributed by atoms with Crippen LogP contribution in [0.3, 0.4) is 0 Å². The molecule has 0 aromatic heterocycles. The Morgan fingerprint density at radius 1 is 1.55 bits per heavy atom. The molecule has 1 aromatic carbocycles. The zero-order valence-corrected chi connectivity index (χ0v) is 7.14. The highest BCUT2D eigenvalue weighted by Gasteiger charge is 2.00. The maximum Gasteiger partial charge on any atom is 0.160 e. The van der Waals surface area contributed by atoms with Crippen LogP contribution in [0.15, 0.2) is 18.2 Å². The molecule has 0 amide bonds. The van der Waals surface area contributed by atoms with E-state index < -0.39 is 0 Å². The van der Waals surface area contributed by atoms with E-state index in [1.54, 1.807) is 12.1 Å². The van der Waals surface area contributed by atoms with Gasteiger partial charge >= 0.3 is 0 Å². The molecular weight excluding hydrogens is 160 g/mol. The first kappa shape index (κ1) is 8.27. The number of phenolic OH excluding ortho intramolecular Hbond substituents is 1. The van der Waals surface area contributed by atoms with Gasteiger partial charge < -0.3 is 9.84 Å². The molecule has 0 heterocycles. The zero-order valence-electron chi connectivity index (χ0n) is 6.24. The number of methoxy groups -OCH3 is 1. The summed E-state index contributed by atoms with van der Waals surface area (Å²) in [6.45, 7) is 0. The molecule has 0 spiro atoms. The number of phenols is 1. The summed E-state index contributed by atoms with van der Waals surface area (Å²) in [5.74, 6) is 1.31. The Morgan fingerprint density at radius 2 is 2.27 bits per heavy atom. The van der Waals surface area contributed by atoms with E-state index in [-0.39, 0.29) is 5.75 Å². The van der Waals surface area contributed by atoms with Crippen molar-refractivity contribution in [1.29, 1.82) is 0 Å². The third kappa shape index (κ3) is 1.80. The molecule has 0 aliphatic rings. The molecule has 1 aromatic rings. The lowest BCUT2D eigenvalue weighted by atomic mass is 10.2. The summed E-state index contributed by atoms with van der Waals surface area (Å²) in [5, 5.41) is 9.18. The van der Waals surface area contributed by atoms with Crippen molar-refractivity contribution >= 4 is 12.6 Å². The number of rotatable bonds is 2. The van der Waals surface area contributed by atoms with Gasteiger partial charge in [0.25, 0.3) is 0 Å². The summed E-state index contributed by atoms with van der Waals surface area (Å²) < 4.78 is 4.90. The van der Waals surface area contributed by atoms with E-state index in [1.807, 2.05) is 6.07 Å². The molecule has 0 radical (unpaired) electrons. The molecule has 3 heteroatoms. The second kappa shape index (κ2) is 3.53. The SMILES string of the molecule is COc1cc(CS)ccc1O. The fourth-order valence-electron chi connectivity index (χ4n) is 0.820. The summed E-state index contributed by atoms with van der Waals surface area (Å²) >= 11 is 4.09. The maximum atomic E-state index is 9.18. The van der Waals surface area contributed by atoms with Crippen LogP contribution in [0.25, 0.3) is 0 Å². The molecule has 1 rings (SSSR count). The number of hydrogen-bond donors (Lipinski definition) is 2. The van der Waals surface area contributed by atoms with Gasteiger partial charge in [0.2, 0.25) is 0 Å². The Bertz CT molecular complexity index is 248. The summed E-state index contributed by atoms with van der Waals surface area (Å²) in [6.07, 6.45) is 0. The van der Waals surface area contributed by atoms with Crippen molar-refractivity contribution in [2.75, 3.05) is 7.11 Å². The monoisotopic (exact) mass is 170 g/mol.